The van der Waals surface area contributed by atoms with Crippen LogP contribution in [0.3, 0.4) is 0 Å². The molecule has 0 aliphatic heterocycles. The van der Waals surface area contributed by atoms with E-state index < -0.39 is 11.8 Å². The number of fused-ring (bicyclic) bond motifs is 1. The van der Waals surface area contributed by atoms with Gasteiger partial charge in [0.1, 0.15) is 0 Å². The average Bonchev–Trinajstić information content (AvgIpc) is 2.92. The van der Waals surface area contributed by atoms with E-state index in [4.69, 9.17) is 26.6 Å². The second-order valence-corrected chi connectivity index (χ2v) is 5.06. The van der Waals surface area contributed by atoms with Crippen LogP contribution in [0.2, 0.25) is 5.02 Å². The van der Waals surface area contributed by atoms with E-state index in [-0.39, 0.29) is 28.0 Å². The number of hydrogen-bond acceptors (Lipinski definition) is 6. The van der Waals surface area contributed by atoms with Crippen LogP contribution in [-0.2, 0) is 4.74 Å². The van der Waals surface area contributed by atoms with E-state index in [9.17, 15) is 9.18 Å². The number of carbonyl (C=O) groups is 1. The summed E-state index contributed by atoms with van der Waals surface area (Å²) < 4.78 is 24.3. The number of ether oxygens (including phenoxy) is 1. The van der Waals surface area contributed by atoms with Gasteiger partial charge < -0.3 is 20.3 Å². The van der Waals surface area contributed by atoms with Gasteiger partial charge in [-0.2, -0.15) is 0 Å². The lowest BCUT2D eigenvalue weighted by Crippen LogP contribution is -2.08. The number of nitrogen functional groups attached to an aromatic ring is 1. The Kier molecular flexibility index (Phi) is 3.79. The molecule has 0 saturated heterocycles. The smallest absolute Gasteiger partial charge is 0.340 e. The van der Waals surface area contributed by atoms with Crippen LogP contribution < -0.4 is 11.1 Å². The van der Waals surface area contributed by atoms with Gasteiger partial charge in [-0.3, -0.25) is 0 Å². The second-order valence-electron chi connectivity index (χ2n) is 4.65. The topological polar surface area (TPSA) is 90.4 Å². The van der Waals surface area contributed by atoms with Crippen molar-refractivity contribution in [3.05, 3.63) is 46.7 Å². The van der Waals surface area contributed by atoms with Gasteiger partial charge in [0.25, 0.3) is 0 Å². The minimum absolute atomic E-state index is 0.0200. The Morgan fingerprint density at radius 3 is 2.87 bits per heavy atom. The largest absolute Gasteiger partial charge is 0.465 e. The summed E-state index contributed by atoms with van der Waals surface area (Å²) in [4.78, 5) is 12.0. The van der Waals surface area contributed by atoms with Gasteiger partial charge in [0.15, 0.2) is 11.6 Å². The molecule has 0 radical (unpaired) electrons. The molecule has 1 heterocycles. The number of aromatic nitrogens is 1. The van der Waals surface area contributed by atoms with E-state index in [1.807, 2.05) is 0 Å². The highest BCUT2D eigenvalue weighted by atomic mass is 35.5. The molecule has 0 aliphatic rings. The van der Waals surface area contributed by atoms with Crippen molar-refractivity contribution in [2.24, 2.45) is 0 Å². The number of nitrogens with zero attached hydrogens (tertiary/aromatic N) is 1. The number of nitrogens with two attached hydrogens (primary N) is 1. The molecule has 0 atom stereocenters. The number of hydrogen-bond donors (Lipinski definition) is 2. The molecule has 0 aliphatic carbocycles. The zero-order chi connectivity index (χ0) is 16.6. The molecule has 23 heavy (non-hydrogen) atoms. The van der Waals surface area contributed by atoms with E-state index in [0.717, 1.165) is 0 Å². The first-order chi connectivity index (χ1) is 11.0. The van der Waals surface area contributed by atoms with Crippen LogP contribution in [0.1, 0.15) is 10.4 Å². The molecule has 0 unspecified atom stereocenters. The number of para-hydroxylation sites is 1. The van der Waals surface area contributed by atoms with E-state index in [1.165, 1.54) is 13.2 Å². The number of anilines is 3. The molecular formula is C15H11ClFN3O3. The Morgan fingerprint density at radius 1 is 1.43 bits per heavy atom. The summed E-state index contributed by atoms with van der Waals surface area (Å²) in [6.45, 7) is 0. The van der Waals surface area contributed by atoms with Gasteiger partial charge in [0.05, 0.1) is 34.5 Å². The van der Waals surface area contributed by atoms with Crippen LogP contribution in [0, 0.1) is 5.82 Å². The van der Waals surface area contributed by atoms with E-state index in [0.29, 0.717) is 10.7 Å². The summed E-state index contributed by atoms with van der Waals surface area (Å²) in [5.74, 6) is -1.57. The van der Waals surface area contributed by atoms with Crippen molar-refractivity contribution >= 4 is 45.7 Å². The monoisotopic (exact) mass is 335 g/mol. The highest BCUT2D eigenvalue weighted by Gasteiger charge is 2.24. The Morgan fingerprint density at radius 2 is 2.17 bits per heavy atom. The fourth-order valence-corrected chi connectivity index (χ4v) is 2.33. The van der Waals surface area contributed by atoms with Crippen LogP contribution in [0.25, 0.3) is 11.0 Å². The number of carbonyl (C=O) groups excluding carboxylic acids is 1. The SMILES string of the molecule is COC(=O)c1cc2c(N)noc2c(F)c1Nc1ccccc1Cl. The number of methoxy groups -OCH3 is 1. The van der Waals surface area contributed by atoms with Crippen molar-refractivity contribution in [1.82, 2.24) is 5.16 Å². The summed E-state index contributed by atoms with van der Waals surface area (Å²) in [5.41, 5.74) is 5.70. The van der Waals surface area contributed by atoms with Gasteiger partial charge in [-0.25, -0.2) is 9.18 Å². The maximum absolute atomic E-state index is 14.8. The normalized spacial score (nSPS) is 10.7. The fourth-order valence-electron chi connectivity index (χ4n) is 2.15. The lowest BCUT2D eigenvalue weighted by atomic mass is 10.1. The van der Waals surface area contributed by atoms with Gasteiger partial charge in [-0.1, -0.05) is 28.9 Å². The van der Waals surface area contributed by atoms with Gasteiger partial charge in [-0.05, 0) is 18.2 Å². The lowest BCUT2D eigenvalue weighted by Gasteiger charge is -2.13. The quantitative estimate of drug-likeness (QED) is 0.709. The van der Waals surface area contributed by atoms with E-state index in [1.54, 1.807) is 24.3 Å². The first-order valence-electron chi connectivity index (χ1n) is 6.50. The van der Waals surface area contributed by atoms with Crippen LogP contribution in [0.4, 0.5) is 21.6 Å². The number of esters is 1. The van der Waals surface area contributed by atoms with Crippen molar-refractivity contribution in [3.63, 3.8) is 0 Å². The summed E-state index contributed by atoms with van der Waals surface area (Å²) >= 11 is 6.06. The lowest BCUT2D eigenvalue weighted by molar-refractivity contribution is 0.0601. The van der Waals surface area contributed by atoms with Gasteiger partial charge in [0.2, 0.25) is 5.58 Å². The van der Waals surface area contributed by atoms with Crippen LogP contribution >= 0.6 is 11.6 Å². The first-order valence-corrected chi connectivity index (χ1v) is 6.88. The molecule has 1 aromatic heterocycles. The number of benzene rings is 2. The second kappa shape index (κ2) is 5.77. The summed E-state index contributed by atoms with van der Waals surface area (Å²) in [5, 5.41) is 6.84. The van der Waals surface area contributed by atoms with Gasteiger partial charge >= 0.3 is 5.97 Å². The molecule has 118 valence electrons. The van der Waals surface area contributed by atoms with Crippen LogP contribution in [0.15, 0.2) is 34.9 Å². The van der Waals surface area contributed by atoms with E-state index in [2.05, 4.69) is 10.5 Å². The third-order valence-corrected chi connectivity index (χ3v) is 3.60. The average molecular weight is 336 g/mol. The highest BCUT2D eigenvalue weighted by molar-refractivity contribution is 6.33. The van der Waals surface area contributed by atoms with Crippen molar-refractivity contribution in [2.75, 3.05) is 18.2 Å². The molecule has 8 heteroatoms. The van der Waals surface area contributed by atoms with Crippen molar-refractivity contribution in [3.8, 4) is 0 Å². The highest BCUT2D eigenvalue weighted by Crippen LogP contribution is 2.35. The van der Waals surface area contributed by atoms with Crippen molar-refractivity contribution in [2.45, 2.75) is 0 Å². The van der Waals surface area contributed by atoms with Crippen LogP contribution in [-0.4, -0.2) is 18.2 Å². The van der Waals surface area contributed by atoms with E-state index >= 15 is 0 Å². The number of halogens is 2. The summed E-state index contributed by atoms with van der Waals surface area (Å²) in [6, 6.07) is 8.07. The first kappa shape index (κ1) is 15.1. The maximum Gasteiger partial charge on any atom is 0.340 e. The standard InChI is InChI=1S/C15H11ClFN3O3/c1-22-15(21)7-6-8-13(23-20-14(8)18)11(17)12(7)19-10-5-3-2-4-9(10)16/h2-6,19H,1H3,(H2,18,20). The molecule has 2 aromatic carbocycles. The van der Waals surface area contributed by atoms with Gasteiger partial charge in [-0.15, -0.1) is 0 Å². The molecule has 3 aromatic rings. The van der Waals surface area contributed by atoms with Crippen molar-refractivity contribution < 1.29 is 18.4 Å². The minimum atomic E-state index is -0.813. The predicted molar refractivity (Wildman–Crippen MR) is 84.5 cm³/mol. The molecule has 0 amide bonds. The summed E-state index contributed by atoms with van der Waals surface area (Å²) in [7, 11) is 1.20. The zero-order valence-electron chi connectivity index (χ0n) is 11.9. The maximum atomic E-state index is 14.8. The Balaban J connectivity index is 2.23. The van der Waals surface area contributed by atoms with Crippen molar-refractivity contribution in [1.29, 1.82) is 0 Å². The molecular weight excluding hydrogens is 325 g/mol. The Labute approximate surface area is 134 Å². The Bertz CT molecular complexity index is 910. The molecule has 0 fully saturated rings. The van der Waals surface area contributed by atoms with Gasteiger partial charge in [0, 0.05) is 0 Å². The summed E-state index contributed by atoms with van der Waals surface area (Å²) in [6.07, 6.45) is 0. The molecule has 3 N–H and O–H groups in total. The zero-order valence-corrected chi connectivity index (χ0v) is 12.6. The predicted octanol–water partition coefficient (Wildman–Crippen LogP) is 3.73. The molecule has 0 saturated carbocycles. The fraction of sp³-hybridized carbons (Fsp3) is 0.0667. The molecule has 3 rings (SSSR count). The molecule has 0 spiro atoms. The Hall–Kier alpha value is -2.80. The number of rotatable bonds is 3. The third-order valence-electron chi connectivity index (χ3n) is 3.27. The molecule has 6 nitrogen and oxygen atoms in total. The third kappa shape index (κ3) is 2.55. The minimum Gasteiger partial charge on any atom is -0.465 e. The van der Waals surface area contributed by atoms with Crippen LogP contribution in [0.5, 0.6) is 0 Å². The molecule has 0 bridgehead atoms. The number of nitrogens with one attached hydrogen (secondary N) is 1.